The van der Waals surface area contributed by atoms with Crippen LogP contribution in [0, 0.1) is 12.8 Å². The van der Waals surface area contributed by atoms with Crippen LogP contribution in [0.5, 0.6) is 0 Å². The standard InChI is InChI=1S/C21H23ClFNO3S/c1-16-12-14-19(15-13-16)28(25,26)27-24-20(17-8-4-2-5-9-17)21(22,23)18-10-6-3-7-11-18/h2,4-5,8-9,12-15,18H,3,6-7,10-11H2,1H3. The molecule has 2 aromatic carbocycles. The quantitative estimate of drug-likeness (QED) is 0.345. The molecule has 0 saturated heterocycles. The van der Waals surface area contributed by atoms with E-state index in [1.807, 2.05) is 6.92 Å². The molecule has 1 unspecified atom stereocenters. The smallest absolute Gasteiger partial charge is 0.264 e. The second kappa shape index (κ2) is 8.62. The predicted octanol–water partition coefficient (Wildman–Crippen LogP) is 5.59. The van der Waals surface area contributed by atoms with Crippen LogP contribution in [0.4, 0.5) is 4.39 Å². The zero-order valence-corrected chi connectivity index (χ0v) is 17.2. The van der Waals surface area contributed by atoms with Gasteiger partial charge in [0.05, 0.1) is 0 Å². The molecule has 7 heteroatoms. The number of hydrogen-bond acceptors (Lipinski definition) is 4. The summed E-state index contributed by atoms with van der Waals surface area (Å²) in [5, 5.41) is 1.42. The predicted molar refractivity (Wildman–Crippen MR) is 109 cm³/mol. The van der Waals surface area contributed by atoms with E-state index in [0.29, 0.717) is 18.4 Å². The Balaban J connectivity index is 1.96. The van der Waals surface area contributed by atoms with Crippen LogP contribution in [0.25, 0.3) is 0 Å². The molecule has 3 rings (SSSR count). The number of halogens is 2. The molecule has 1 aliphatic carbocycles. The third kappa shape index (κ3) is 4.73. The maximum Gasteiger partial charge on any atom is 0.358 e. The van der Waals surface area contributed by atoms with E-state index in [2.05, 4.69) is 5.16 Å². The highest BCUT2D eigenvalue weighted by molar-refractivity contribution is 7.86. The summed E-state index contributed by atoms with van der Waals surface area (Å²) < 4.78 is 45.6. The Bertz CT molecular complexity index is 922. The van der Waals surface area contributed by atoms with Crippen molar-refractivity contribution >= 4 is 27.4 Å². The molecule has 0 heterocycles. The average molecular weight is 424 g/mol. The van der Waals surface area contributed by atoms with Crippen molar-refractivity contribution in [3.05, 3.63) is 65.7 Å². The molecule has 1 atom stereocenters. The molecule has 1 fully saturated rings. The Morgan fingerprint density at radius 3 is 2.29 bits per heavy atom. The third-order valence-electron chi connectivity index (χ3n) is 5.02. The van der Waals surface area contributed by atoms with Crippen LogP contribution in [-0.2, 0) is 14.4 Å². The van der Waals surface area contributed by atoms with Gasteiger partial charge in [-0.1, -0.05) is 84.0 Å². The zero-order valence-electron chi connectivity index (χ0n) is 15.6. The fraction of sp³-hybridized carbons (Fsp3) is 0.381. The maximum atomic E-state index is 15.7. The van der Waals surface area contributed by atoms with E-state index in [-0.39, 0.29) is 10.6 Å². The molecule has 28 heavy (non-hydrogen) atoms. The van der Waals surface area contributed by atoms with Crippen molar-refractivity contribution in [3.63, 3.8) is 0 Å². The lowest BCUT2D eigenvalue weighted by Crippen LogP contribution is -2.38. The summed E-state index contributed by atoms with van der Waals surface area (Å²) in [6.07, 6.45) is 4.05. The highest BCUT2D eigenvalue weighted by Crippen LogP contribution is 2.41. The first kappa shape index (κ1) is 20.8. The van der Waals surface area contributed by atoms with Crippen LogP contribution in [0.3, 0.4) is 0 Å². The number of benzene rings is 2. The van der Waals surface area contributed by atoms with Crippen LogP contribution in [-0.4, -0.2) is 19.3 Å². The fourth-order valence-electron chi connectivity index (χ4n) is 3.39. The largest absolute Gasteiger partial charge is 0.358 e. The highest BCUT2D eigenvalue weighted by Gasteiger charge is 2.44. The van der Waals surface area contributed by atoms with E-state index in [9.17, 15) is 8.42 Å². The summed E-state index contributed by atoms with van der Waals surface area (Å²) in [7, 11) is -4.18. The number of nitrogens with zero attached hydrogens (tertiary/aromatic N) is 1. The van der Waals surface area contributed by atoms with Gasteiger partial charge in [-0.05, 0) is 31.9 Å². The molecule has 0 amide bonds. The lowest BCUT2D eigenvalue weighted by atomic mass is 9.82. The lowest BCUT2D eigenvalue weighted by molar-refractivity contribution is 0.196. The van der Waals surface area contributed by atoms with Crippen molar-refractivity contribution < 1.29 is 17.1 Å². The number of alkyl halides is 2. The molecule has 0 aromatic heterocycles. The van der Waals surface area contributed by atoms with E-state index < -0.39 is 21.2 Å². The molecule has 1 aliphatic rings. The van der Waals surface area contributed by atoms with Crippen LogP contribution >= 0.6 is 11.6 Å². The van der Waals surface area contributed by atoms with Crippen LogP contribution in [0.2, 0.25) is 0 Å². The van der Waals surface area contributed by atoms with Gasteiger partial charge >= 0.3 is 10.1 Å². The summed E-state index contributed by atoms with van der Waals surface area (Å²) in [6.45, 7) is 1.85. The van der Waals surface area contributed by atoms with Gasteiger partial charge in [-0.3, -0.25) is 4.28 Å². The molecule has 1 saturated carbocycles. The maximum absolute atomic E-state index is 15.7. The van der Waals surface area contributed by atoms with Gasteiger partial charge in [-0.2, -0.15) is 8.42 Å². The fourth-order valence-corrected chi connectivity index (χ4v) is 4.48. The van der Waals surface area contributed by atoms with Crippen molar-refractivity contribution in [2.75, 3.05) is 0 Å². The van der Waals surface area contributed by atoms with E-state index in [0.717, 1.165) is 24.8 Å². The summed E-state index contributed by atoms with van der Waals surface area (Å²) in [4.78, 5) is -0.0500. The minimum Gasteiger partial charge on any atom is -0.264 e. The summed E-state index contributed by atoms with van der Waals surface area (Å²) in [6, 6.07) is 14.6. The lowest BCUT2D eigenvalue weighted by Gasteiger charge is -2.32. The van der Waals surface area contributed by atoms with Crippen molar-refractivity contribution in [2.24, 2.45) is 11.1 Å². The number of hydrogen-bond donors (Lipinski definition) is 0. The first-order valence-corrected chi connectivity index (χ1v) is 11.1. The highest BCUT2D eigenvalue weighted by atomic mass is 35.5. The molecule has 0 N–H and O–H groups in total. The molecule has 0 spiro atoms. The SMILES string of the molecule is Cc1ccc(S(=O)(=O)ON=C(c2ccccc2)C(F)(Cl)C2CCCCC2)cc1. The number of aryl methyl sites for hydroxylation is 1. The van der Waals surface area contributed by atoms with E-state index in [1.165, 1.54) is 12.1 Å². The molecular formula is C21H23ClFNO3S. The molecule has 0 radical (unpaired) electrons. The molecule has 150 valence electrons. The normalized spacial score (nSPS) is 18.5. The number of rotatable bonds is 6. The van der Waals surface area contributed by atoms with Gasteiger partial charge in [0.25, 0.3) is 0 Å². The Hall–Kier alpha value is -1.92. The van der Waals surface area contributed by atoms with Gasteiger partial charge in [0, 0.05) is 11.5 Å². The average Bonchev–Trinajstić information content (AvgIpc) is 2.70. The van der Waals surface area contributed by atoms with Crippen LogP contribution in [0.1, 0.15) is 43.2 Å². The second-order valence-corrected chi connectivity index (χ2v) is 9.18. The monoisotopic (exact) mass is 423 g/mol. The minimum atomic E-state index is -4.18. The Labute approximate surface area is 170 Å². The summed E-state index contributed by atoms with van der Waals surface area (Å²) >= 11 is 6.34. The van der Waals surface area contributed by atoms with Gasteiger partial charge in [0.1, 0.15) is 10.6 Å². The van der Waals surface area contributed by atoms with Gasteiger partial charge in [-0.25, -0.2) is 4.39 Å². The van der Waals surface area contributed by atoms with Gasteiger partial charge in [-0.15, -0.1) is 0 Å². The molecule has 0 bridgehead atoms. The van der Waals surface area contributed by atoms with E-state index in [1.54, 1.807) is 42.5 Å². The second-order valence-electron chi connectivity index (χ2n) is 7.11. The Morgan fingerprint density at radius 1 is 1.07 bits per heavy atom. The minimum absolute atomic E-state index is 0.0500. The van der Waals surface area contributed by atoms with Gasteiger partial charge in [0.2, 0.25) is 5.13 Å². The number of oxime groups is 1. The van der Waals surface area contributed by atoms with Crippen LogP contribution in [0.15, 0.2) is 64.6 Å². The summed E-state index contributed by atoms with van der Waals surface area (Å²) in [5.41, 5.74) is 1.09. The van der Waals surface area contributed by atoms with E-state index >= 15 is 4.39 Å². The summed E-state index contributed by atoms with van der Waals surface area (Å²) in [5.74, 6) is -0.451. The topological polar surface area (TPSA) is 55.7 Å². The van der Waals surface area contributed by atoms with Crippen molar-refractivity contribution in [1.82, 2.24) is 0 Å². The van der Waals surface area contributed by atoms with Crippen molar-refractivity contribution in [3.8, 4) is 0 Å². The molecule has 4 nitrogen and oxygen atoms in total. The Morgan fingerprint density at radius 2 is 1.68 bits per heavy atom. The van der Waals surface area contributed by atoms with Crippen molar-refractivity contribution in [2.45, 2.75) is 49.1 Å². The van der Waals surface area contributed by atoms with Gasteiger partial charge in [0.15, 0.2) is 0 Å². The zero-order chi connectivity index (χ0) is 20.2. The van der Waals surface area contributed by atoms with Crippen molar-refractivity contribution in [1.29, 1.82) is 0 Å². The van der Waals surface area contributed by atoms with Gasteiger partial charge < -0.3 is 0 Å². The molecule has 2 aromatic rings. The first-order chi connectivity index (χ1) is 13.3. The molecular weight excluding hydrogens is 401 g/mol. The molecule has 0 aliphatic heterocycles. The first-order valence-electron chi connectivity index (χ1n) is 9.33. The van der Waals surface area contributed by atoms with Crippen LogP contribution < -0.4 is 0 Å². The van der Waals surface area contributed by atoms with E-state index in [4.69, 9.17) is 15.9 Å². The Kier molecular flexibility index (Phi) is 6.40. The third-order valence-corrected chi connectivity index (χ3v) is 6.63.